The standard InChI is InChI=1S/C10H16N6O2/c1-10(18-8(12)17)2-4-16(5-3-10)9-14-7(11)6-13-15-9/h6H,2-5H2,1H3,(H2,12,17)(H2,11,14,15). The minimum Gasteiger partial charge on any atom is -0.443 e. The summed E-state index contributed by atoms with van der Waals surface area (Å²) in [5, 5.41) is 7.68. The predicted molar refractivity (Wildman–Crippen MR) is 64.8 cm³/mol. The lowest BCUT2D eigenvalue weighted by atomic mass is 9.93. The molecule has 1 aliphatic heterocycles. The lowest BCUT2D eigenvalue weighted by Gasteiger charge is -2.38. The van der Waals surface area contributed by atoms with E-state index in [0.717, 1.165) is 0 Å². The number of rotatable bonds is 2. The lowest BCUT2D eigenvalue weighted by Crippen LogP contribution is -2.46. The van der Waals surface area contributed by atoms with Crippen molar-refractivity contribution in [1.29, 1.82) is 0 Å². The van der Waals surface area contributed by atoms with Crippen molar-refractivity contribution in [3.8, 4) is 0 Å². The van der Waals surface area contributed by atoms with Crippen molar-refractivity contribution >= 4 is 17.9 Å². The molecule has 8 heteroatoms. The van der Waals surface area contributed by atoms with E-state index < -0.39 is 11.7 Å². The smallest absolute Gasteiger partial charge is 0.405 e. The van der Waals surface area contributed by atoms with E-state index in [0.29, 0.717) is 37.7 Å². The fraction of sp³-hybridized carbons (Fsp3) is 0.600. The van der Waals surface area contributed by atoms with Crippen LogP contribution in [0.4, 0.5) is 16.6 Å². The van der Waals surface area contributed by atoms with E-state index in [1.165, 1.54) is 6.20 Å². The summed E-state index contributed by atoms with van der Waals surface area (Å²) in [5.74, 6) is 0.831. The Hall–Kier alpha value is -2.12. The topological polar surface area (TPSA) is 120 Å². The molecule has 0 aromatic carbocycles. The molecule has 8 nitrogen and oxygen atoms in total. The van der Waals surface area contributed by atoms with Gasteiger partial charge < -0.3 is 21.1 Å². The minimum atomic E-state index is -0.743. The van der Waals surface area contributed by atoms with Gasteiger partial charge in [0.15, 0.2) is 0 Å². The van der Waals surface area contributed by atoms with Gasteiger partial charge in [-0.3, -0.25) is 0 Å². The first kappa shape index (κ1) is 12.3. The Kier molecular flexibility index (Phi) is 3.17. The molecule has 0 saturated carbocycles. The molecule has 1 aromatic rings. The van der Waals surface area contributed by atoms with Gasteiger partial charge in [0.2, 0.25) is 5.95 Å². The van der Waals surface area contributed by atoms with Crippen LogP contribution in [0.25, 0.3) is 0 Å². The van der Waals surface area contributed by atoms with E-state index in [2.05, 4.69) is 15.2 Å². The lowest BCUT2D eigenvalue weighted by molar-refractivity contribution is 0.0125. The first-order chi connectivity index (χ1) is 8.48. The van der Waals surface area contributed by atoms with Crippen molar-refractivity contribution < 1.29 is 9.53 Å². The average molecular weight is 252 g/mol. The van der Waals surface area contributed by atoms with Gasteiger partial charge in [-0.15, -0.1) is 5.10 Å². The third-order valence-corrected chi connectivity index (χ3v) is 3.02. The molecule has 0 bridgehead atoms. The fourth-order valence-electron chi connectivity index (χ4n) is 1.96. The zero-order valence-electron chi connectivity index (χ0n) is 10.2. The Morgan fingerprint density at radius 1 is 1.50 bits per heavy atom. The fourth-order valence-corrected chi connectivity index (χ4v) is 1.96. The van der Waals surface area contributed by atoms with Crippen LogP contribution in [0, 0.1) is 0 Å². The van der Waals surface area contributed by atoms with Crippen LogP contribution >= 0.6 is 0 Å². The molecule has 1 amide bonds. The maximum absolute atomic E-state index is 10.8. The highest BCUT2D eigenvalue weighted by Crippen LogP contribution is 2.27. The zero-order valence-corrected chi connectivity index (χ0v) is 10.2. The average Bonchev–Trinajstić information content (AvgIpc) is 2.28. The summed E-state index contributed by atoms with van der Waals surface area (Å²) >= 11 is 0. The van der Waals surface area contributed by atoms with Crippen molar-refractivity contribution in [1.82, 2.24) is 15.2 Å². The molecule has 0 radical (unpaired) electrons. The number of ether oxygens (including phenoxy) is 1. The van der Waals surface area contributed by atoms with Gasteiger partial charge in [0.1, 0.15) is 11.4 Å². The van der Waals surface area contributed by atoms with E-state index in [1.807, 2.05) is 11.8 Å². The first-order valence-electron chi connectivity index (χ1n) is 5.67. The Balaban J connectivity index is 2.00. The molecule has 0 spiro atoms. The summed E-state index contributed by atoms with van der Waals surface area (Å²) in [7, 11) is 0. The van der Waals surface area contributed by atoms with Crippen LogP contribution in [0.3, 0.4) is 0 Å². The van der Waals surface area contributed by atoms with E-state index in [1.54, 1.807) is 0 Å². The normalized spacial score (nSPS) is 18.4. The number of nitrogen functional groups attached to an aromatic ring is 1. The minimum absolute atomic E-state index is 0.335. The Morgan fingerprint density at radius 2 is 2.17 bits per heavy atom. The molecule has 1 aromatic heterocycles. The van der Waals surface area contributed by atoms with Crippen LogP contribution in [0.2, 0.25) is 0 Å². The third-order valence-electron chi connectivity index (χ3n) is 3.02. The van der Waals surface area contributed by atoms with Crippen molar-refractivity contribution in [2.75, 3.05) is 23.7 Å². The number of nitrogens with zero attached hydrogens (tertiary/aromatic N) is 4. The summed E-state index contributed by atoms with van der Waals surface area (Å²) in [6.07, 6.45) is 1.98. The second-order valence-electron chi connectivity index (χ2n) is 4.54. The number of anilines is 2. The van der Waals surface area contributed by atoms with Gasteiger partial charge >= 0.3 is 6.09 Å². The monoisotopic (exact) mass is 252 g/mol. The van der Waals surface area contributed by atoms with Crippen LogP contribution in [-0.4, -0.2) is 40.0 Å². The molecule has 2 rings (SSSR count). The number of piperidine rings is 1. The SMILES string of the molecule is CC1(OC(N)=O)CCN(c2nncc(N)n2)CC1. The van der Waals surface area contributed by atoms with E-state index in [-0.39, 0.29) is 0 Å². The molecule has 18 heavy (non-hydrogen) atoms. The molecule has 2 heterocycles. The summed E-state index contributed by atoms with van der Waals surface area (Å²) < 4.78 is 5.12. The Morgan fingerprint density at radius 3 is 2.72 bits per heavy atom. The van der Waals surface area contributed by atoms with Gasteiger partial charge in [0.05, 0.1) is 6.20 Å². The van der Waals surface area contributed by atoms with Crippen LogP contribution in [0.1, 0.15) is 19.8 Å². The second kappa shape index (κ2) is 4.63. The highest BCUT2D eigenvalue weighted by molar-refractivity contribution is 5.65. The number of amides is 1. The largest absolute Gasteiger partial charge is 0.443 e. The van der Waals surface area contributed by atoms with Gasteiger partial charge in [-0.05, 0) is 6.92 Å². The van der Waals surface area contributed by atoms with Gasteiger partial charge in [0.25, 0.3) is 0 Å². The number of hydrogen-bond donors (Lipinski definition) is 2. The maximum Gasteiger partial charge on any atom is 0.405 e. The molecule has 0 atom stereocenters. The summed E-state index contributed by atoms with van der Waals surface area (Å²) in [6.45, 7) is 3.19. The molecule has 98 valence electrons. The first-order valence-corrected chi connectivity index (χ1v) is 5.67. The molecule has 1 fully saturated rings. The summed E-state index contributed by atoms with van der Waals surface area (Å²) in [6, 6.07) is 0. The van der Waals surface area contributed by atoms with E-state index in [9.17, 15) is 4.79 Å². The Labute approximate surface area is 104 Å². The Bertz CT molecular complexity index is 444. The van der Waals surface area contributed by atoms with Crippen LogP contribution in [0.5, 0.6) is 0 Å². The molecular formula is C10H16N6O2. The zero-order chi connectivity index (χ0) is 13.2. The third kappa shape index (κ3) is 2.76. The van der Waals surface area contributed by atoms with Crippen molar-refractivity contribution in [2.24, 2.45) is 5.73 Å². The van der Waals surface area contributed by atoms with E-state index in [4.69, 9.17) is 16.2 Å². The quantitative estimate of drug-likeness (QED) is 0.754. The van der Waals surface area contributed by atoms with Crippen molar-refractivity contribution in [3.63, 3.8) is 0 Å². The van der Waals surface area contributed by atoms with Gasteiger partial charge in [-0.1, -0.05) is 0 Å². The van der Waals surface area contributed by atoms with Crippen LogP contribution < -0.4 is 16.4 Å². The van der Waals surface area contributed by atoms with Crippen LogP contribution in [-0.2, 0) is 4.74 Å². The molecule has 0 unspecified atom stereocenters. The molecule has 1 saturated heterocycles. The van der Waals surface area contributed by atoms with Gasteiger partial charge in [-0.25, -0.2) is 4.79 Å². The van der Waals surface area contributed by atoms with Crippen LogP contribution in [0.15, 0.2) is 6.20 Å². The van der Waals surface area contributed by atoms with Gasteiger partial charge in [-0.2, -0.15) is 10.1 Å². The molecule has 1 aliphatic rings. The second-order valence-corrected chi connectivity index (χ2v) is 4.54. The number of nitrogens with two attached hydrogens (primary N) is 2. The van der Waals surface area contributed by atoms with Crippen molar-refractivity contribution in [3.05, 3.63) is 6.20 Å². The van der Waals surface area contributed by atoms with E-state index >= 15 is 0 Å². The maximum atomic E-state index is 10.8. The highest BCUT2D eigenvalue weighted by atomic mass is 16.6. The summed E-state index contributed by atoms with van der Waals surface area (Å²) in [5.41, 5.74) is 10.1. The number of carbonyl (C=O) groups is 1. The molecular weight excluding hydrogens is 236 g/mol. The summed E-state index contributed by atoms with van der Waals surface area (Å²) in [4.78, 5) is 16.9. The number of primary amides is 1. The number of aromatic nitrogens is 3. The molecule has 0 aliphatic carbocycles. The van der Waals surface area contributed by atoms with Gasteiger partial charge in [0, 0.05) is 25.9 Å². The molecule has 4 N–H and O–H groups in total. The van der Waals surface area contributed by atoms with Crippen molar-refractivity contribution in [2.45, 2.75) is 25.4 Å². The highest BCUT2D eigenvalue weighted by Gasteiger charge is 2.34. The number of carbonyl (C=O) groups excluding carboxylic acids is 1. The predicted octanol–water partition coefficient (Wildman–Crippen LogP) is -0.0920. The number of hydrogen-bond acceptors (Lipinski definition) is 7.